The van der Waals surface area contributed by atoms with E-state index in [0.717, 1.165) is 32.2 Å². The van der Waals surface area contributed by atoms with Crippen molar-refractivity contribution in [2.24, 2.45) is 0 Å². The number of benzene rings is 1. The summed E-state index contributed by atoms with van der Waals surface area (Å²) in [5, 5.41) is 5.67. The minimum Gasteiger partial charge on any atom is -0.325 e. The number of nitrogens with zero attached hydrogens (tertiary/aromatic N) is 1. The number of nitrogens with one attached hydrogen (secondary N) is 2. The Kier molecular flexibility index (Phi) is 7.90. The Morgan fingerprint density at radius 1 is 1.15 bits per heavy atom. The molecule has 0 saturated carbocycles. The van der Waals surface area contributed by atoms with Crippen LogP contribution in [0.3, 0.4) is 0 Å². The van der Waals surface area contributed by atoms with Gasteiger partial charge in [0.2, 0.25) is 5.91 Å². The van der Waals surface area contributed by atoms with E-state index in [2.05, 4.69) is 15.5 Å². The quantitative estimate of drug-likeness (QED) is 0.764. The van der Waals surface area contributed by atoms with Gasteiger partial charge in [-0.15, -0.1) is 0 Å². The lowest BCUT2D eigenvalue weighted by molar-refractivity contribution is -0.137. The van der Waals surface area contributed by atoms with Gasteiger partial charge in [0.15, 0.2) is 0 Å². The number of rotatable bonds is 7. The Labute approximate surface area is 153 Å². The third-order valence-electron chi connectivity index (χ3n) is 4.62. The Morgan fingerprint density at radius 2 is 1.81 bits per heavy atom. The Hall–Kier alpha value is -1.60. The second-order valence-corrected chi connectivity index (χ2v) is 6.91. The third kappa shape index (κ3) is 6.96. The van der Waals surface area contributed by atoms with Crippen molar-refractivity contribution >= 4 is 11.6 Å². The molecule has 1 aliphatic rings. The fourth-order valence-electron chi connectivity index (χ4n) is 3.22. The second kappa shape index (κ2) is 9.92. The van der Waals surface area contributed by atoms with E-state index in [-0.39, 0.29) is 18.2 Å². The van der Waals surface area contributed by atoms with Gasteiger partial charge in [0.25, 0.3) is 0 Å². The molecule has 1 amide bonds. The highest BCUT2D eigenvalue weighted by Crippen LogP contribution is 2.34. The molecule has 26 heavy (non-hydrogen) atoms. The van der Waals surface area contributed by atoms with E-state index in [4.69, 9.17) is 0 Å². The number of hydrogen-bond acceptors (Lipinski definition) is 3. The molecule has 1 heterocycles. The van der Waals surface area contributed by atoms with Crippen LogP contribution in [0.15, 0.2) is 24.3 Å². The minimum absolute atomic E-state index is 0.0972. The molecule has 1 aromatic rings. The molecule has 1 atom stereocenters. The van der Waals surface area contributed by atoms with Crippen LogP contribution in [0.2, 0.25) is 0 Å². The van der Waals surface area contributed by atoms with E-state index < -0.39 is 17.6 Å². The van der Waals surface area contributed by atoms with Gasteiger partial charge in [-0.2, -0.15) is 13.2 Å². The van der Waals surface area contributed by atoms with Gasteiger partial charge in [-0.05, 0) is 45.0 Å². The van der Waals surface area contributed by atoms with E-state index >= 15 is 0 Å². The maximum absolute atomic E-state index is 13.0. The van der Waals surface area contributed by atoms with E-state index in [1.807, 2.05) is 6.92 Å². The average molecular weight is 371 g/mol. The first-order chi connectivity index (χ1) is 12.4. The van der Waals surface area contributed by atoms with Crippen molar-refractivity contribution in [1.82, 2.24) is 10.2 Å². The summed E-state index contributed by atoms with van der Waals surface area (Å²) in [7, 11) is 0. The van der Waals surface area contributed by atoms with Gasteiger partial charge < -0.3 is 15.5 Å². The van der Waals surface area contributed by atoms with Crippen molar-refractivity contribution in [2.75, 3.05) is 31.5 Å². The summed E-state index contributed by atoms with van der Waals surface area (Å²) in [6.07, 6.45) is 0.694. The first-order valence-electron chi connectivity index (χ1n) is 9.28. The van der Waals surface area contributed by atoms with Gasteiger partial charge in [0.1, 0.15) is 0 Å². The number of amides is 1. The maximum atomic E-state index is 13.0. The van der Waals surface area contributed by atoms with Crippen molar-refractivity contribution in [3.63, 3.8) is 0 Å². The average Bonchev–Trinajstić information content (AvgIpc) is 2.83. The number of anilines is 1. The Balaban J connectivity index is 1.75. The molecule has 146 valence electrons. The summed E-state index contributed by atoms with van der Waals surface area (Å²) in [5.41, 5.74) is -1.02. The largest absolute Gasteiger partial charge is 0.418 e. The monoisotopic (exact) mass is 371 g/mol. The normalized spacial score (nSPS) is 17.5. The van der Waals surface area contributed by atoms with Crippen LogP contribution in [-0.4, -0.2) is 43.0 Å². The summed E-state index contributed by atoms with van der Waals surface area (Å²) in [5.74, 6) is -0.420. The van der Waals surface area contributed by atoms with Crippen LogP contribution in [0.25, 0.3) is 0 Å². The van der Waals surface area contributed by atoms with Crippen LogP contribution < -0.4 is 10.6 Å². The molecule has 0 aromatic heterocycles. The lowest BCUT2D eigenvalue weighted by Crippen LogP contribution is -2.38. The molecule has 1 fully saturated rings. The molecule has 0 bridgehead atoms. The molecule has 0 aliphatic carbocycles. The van der Waals surface area contributed by atoms with Gasteiger partial charge in [-0.3, -0.25) is 4.79 Å². The van der Waals surface area contributed by atoms with E-state index in [1.165, 1.54) is 43.9 Å². The van der Waals surface area contributed by atoms with Crippen molar-refractivity contribution in [2.45, 2.75) is 51.2 Å². The lowest BCUT2D eigenvalue weighted by Gasteiger charge is -2.21. The summed E-state index contributed by atoms with van der Waals surface area (Å²) >= 11 is 0. The molecular formula is C19H28F3N3O. The van der Waals surface area contributed by atoms with Gasteiger partial charge in [0.05, 0.1) is 11.3 Å². The summed E-state index contributed by atoms with van der Waals surface area (Å²) in [4.78, 5) is 14.5. The molecule has 2 N–H and O–H groups in total. The summed E-state index contributed by atoms with van der Waals surface area (Å²) in [6, 6.07) is 4.94. The van der Waals surface area contributed by atoms with Gasteiger partial charge in [0, 0.05) is 25.6 Å². The zero-order chi connectivity index (χ0) is 19.0. The van der Waals surface area contributed by atoms with Crippen LogP contribution in [0.4, 0.5) is 18.9 Å². The summed E-state index contributed by atoms with van der Waals surface area (Å²) in [6.45, 7) is 5.81. The third-order valence-corrected chi connectivity index (χ3v) is 4.62. The zero-order valence-corrected chi connectivity index (χ0v) is 15.2. The van der Waals surface area contributed by atoms with Crippen LogP contribution in [0.5, 0.6) is 0 Å². The standard InChI is InChI=1S/C19H28F3N3O/c1-15(23-10-13-25-11-6-2-3-7-12-25)14-18(26)24-17-9-5-4-8-16(17)19(20,21)22/h4-5,8-9,15,23H,2-3,6-7,10-14H2,1H3,(H,24,26). The number of para-hydroxylation sites is 1. The van der Waals surface area contributed by atoms with Crippen LogP contribution >= 0.6 is 0 Å². The van der Waals surface area contributed by atoms with Crippen molar-refractivity contribution in [1.29, 1.82) is 0 Å². The fourth-order valence-corrected chi connectivity index (χ4v) is 3.22. The molecule has 1 saturated heterocycles. The summed E-state index contributed by atoms with van der Waals surface area (Å²) < 4.78 is 38.9. The van der Waals surface area contributed by atoms with E-state index in [0.29, 0.717) is 0 Å². The molecule has 0 radical (unpaired) electrons. The Bertz CT molecular complexity index is 569. The molecular weight excluding hydrogens is 343 g/mol. The molecule has 1 aliphatic heterocycles. The van der Waals surface area contributed by atoms with Crippen LogP contribution in [0, 0.1) is 0 Å². The van der Waals surface area contributed by atoms with Gasteiger partial charge >= 0.3 is 6.18 Å². The van der Waals surface area contributed by atoms with E-state index in [1.54, 1.807) is 0 Å². The molecule has 0 spiro atoms. The molecule has 1 unspecified atom stereocenters. The van der Waals surface area contributed by atoms with E-state index in [9.17, 15) is 18.0 Å². The predicted octanol–water partition coefficient (Wildman–Crippen LogP) is 3.89. The number of carbonyl (C=O) groups is 1. The zero-order valence-electron chi connectivity index (χ0n) is 15.2. The second-order valence-electron chi connectivity index (χ2n) is 6.91. The minimum atomic E-state index is -4.49. The highest BCUT2D eigenvalue weighted by Gasteiger charge is 2.33. The number of likely N-dealkylation sites (tertiary alicyclic amines) is 1. The fraction of sp³-hybridized carbons (Fsp3) is 0.632. The molecule has 7 heteroatoms. The maximum Gasteiger partial charge on any atom is 0.418 e. The molecule has 2 rings (SSSR count). The van der Waals surface area contributed by atoms with Crippen LogP contribution in [0.1, 0.15) is 44.6 Å². The topological polar surface area (TPSA) is 44.4 Å². The SMILES string of the molecule is CC(CC(=O)Nc1ccccc1C(F)(F)F)NCCN1CCCCCC1. The van der Waals surface area contributed by atoms with Gasteiger partial charge in [-0.25, -0.2) is 0 Å². The molecule has 1 aromatic carbocycles. The first-order valence-corrected chi connectivity index (χ1v) is 9.28. The van der Waals surface area contributed by atoms with Crippen molar-refractivity contribution in [3.05, 3.63) is 29.8 Å². The Morgan fingerprint density at radius 3 is 2.46 bits per heavy atom. The predicted molar refractivity (Wildman–Crippen MR) is 97.1 cm³/mol. The smallest absolute Gasteiger partial charge is 0.325 e. The van der Waals surface area contributed by atoms with Crippen LogP contribution in [-0.2, 0) is 11.0 Å². The first kappa shape index (κ1) is 20.7. The lowest BCUT2D eigenvalue weighted by atomic mass is 10.1. The van der Waals surface area contributed by atoms with Gasteiger partial charge in [-0.1, -0.05) is 25.0 Å². The molecule has 4 nitrogen and oxygen atoms in total. The number of hydrogen-bond donors (Lipinski definition) is 2. The number of alkyl halides is 3. The van der Waals surface area contributed by atoms with Crippen molar-refractivity contribution in [3.8, 4) is 0 Å². The number of carbonyl (C=O) groups excluding carboxylic acids is 1. The highest BCUT2D eigenvalue weighted by molar-refractivity contribution is 5.92. The number of halogens is 3. The van der Waals surface area contributed by atoms with Crippen molar-refractivity contribution < 1.29 is 18.0 Å². The highest BCUT2D eigenvalue weighted by atomic mass is 19.4.